The molecule has 13 nitrogen and oxygen atoms in total. The second-order valence-electron chi connectivity index (χ2n) is 9.29. The van der Waals surface area contributed by atoms with Gasteiger partial charge in [-0.05, 0) is 42.8 Å². The van der Waals surface area contributed by atoms with Crippen LogP contribution in [0.2, 0.25) is 0 Å². The van der Waals surface area contributed by atoms with Gasteiger partial charge in [-0.15, -0.1) is 0 Å². The molecule has 39 heavy (non-hydrogen) atoms. The fourth-order valence-corrected chi connectivity index (χ4v) is 4.83. The summed E-state index contributed by atoms with van der Waals surface area (Å²) in [6.45, 7) is 1.26. The Morgan fingerprint density at radius 1 is 1.21 bits per heavy atom. The number of benzene rings is 2. The molecule has 5 rings (SSSR count). The van der Waals surface area contributed by atoms with Crippen LogP contribution in [0.25, 0.3) is 21.9 Å². The molecule has 1 unspecified atom stereocenters. The van der Waals surface area contributed by atoms with Crippen LogP contribution in [0, 0.1) is 0 Å². The van der Waals surface area contributed by atoms with E-state index in [1.54, 1.807) is 18.5 Å². The van der Waals surface area contributed by atoms with Crippen LogP contribution in [0.15, 0.2) is 49.1 Å². The number of ether oxygens (including phenoxy) is 1. The van der Waals surface area contributed by atoms with Crippen LogP contribution in [0.1, 0.15) is 25.7 Å². The number of imidazole rings is 1. The maximum Gasteiger partial charge on any atom is 0.405 e. The average Bonchev–Trinajstić information content (AvgIpc) is 3.59. The molecule has 6 N–H and O–H groups in total. The molecule has 3 heterocycles. The fourth-order valence-electron chi connectivity index (χ4n) is 4.83. The molecule has 1 aliphatic rings. The third-order valence-electron chi connectivity index (χ3n) is 6.69. The summed E-state index contributed by atoms with van der Waals surface area (Å²) in [4.78, 5) is 53.3. The molecule has 0 aliphatic carbocycles. The topological polar surface area (TPSA) is 188 Å². The Morgan fingerprint density at radius 2 is 2.08 bits per heavy atom. The number of aromatic amines is 1. The molecule has 3 amide bonds. The Labute approximate surface area is 222 Å². The molecule has 1 aliphatic heterocycles. The zero-order valence-electron chi connectivity index (χ0n) is 21.0. The zero-order chi connectivity index (χ0) is 27.4. The Bertz CT molecular complexity index is 1520. The normalized spacial score (nSPS) is 15.8. The lowest BCUT2D eigenvalue weighted by Crippen LogP contribution is -2.43. The first-order valence-electron chi connectivity index (χ1n) is 12.5. The second kappa shape index (κ2) is 11.2. The largest absolute Gasteiger partial charge is 0.491 e. The van der Waals surface area contributed by atoms with Crippen molar-refractivity contribution >= 4 is 51.3 Å². The van der Waals surface area contributed by atoms with Crippen molar-refractivity contribution < 1.29 is 24.2 Å². The van der Waals surface area contributed by atoms with Gasteiger partial charge in [0.05, 0.1) is 12.4 Å². The molecule has 1 saturated heterocycles. The number of amides is 3. The van der Waals surface area contributed by atoms with E-state index in [1.165, 1.54) is 6.33 Å². The highest BCUT2D eigenvalue weighted by atomic mass is 16.5. The number of fused-ring (bicyclic) bond motifs is 2. The molecule has 0 spiro atoms. The number of nitrogens with zero attached hydrogens (tertiary/aromatic N) is 4. The van der Waals surface area contributed by atoms with Crippen LogP contribution in [-0.2, 0) is 9.59 Å². The second-order valence-corrected chi connectivity index (χ2v) is 9.29. The van der Waals surface area contributed by atoms with E-state index in [1.807, 2.05) is 24.3 Å². The van der Waals surface area contributed by atoms with Crippen LogP contribution in [0.3, 0.4) is 0 Å². The summed E-state index contributed by atoms with van der Waals surface area (Å²) in [6.07, 6.45) is 3.51. The minimum Gasteiger partial charge on any atom is -0.491 e. The van der Waals surface area contributed by atoms with E-state index in [2.05, 4.69) is 35.5 Å². The van der Waals surface area contributed by atoms with Crippen molar-refractivity contribution in [2.24, 2.45) is 5.73 Å². The van der Waals surface area contributed by atoms with E-state index in [0.29, 0.717) is 23.7 Å². The van der Waals surface area contributed by atoms with Crippen LogP contribution in [-0.4, -0.2) is 68.2 Å². The number of hydrogen-bond donors (Lipinski definition) is 5. The predicted octanol–water partition coefficient (Wildman–Crippen LogP) is 2.39. The van der Waals surface area contributed by atoms with Gasteiger partial charge >= 0.3 is 6.09 Å². The third kappa shape index (κ3) is 5.81. The zero-order valence-corrected chi connectivity index (χ0v) is 21.0. The summed E-state index contributed by atoms with van der Waals surface area (Å²) in [5.41, 5.74) is 7.04. The molecular weight excluding hydrogens is 504 g/mol. The maximum absolute atomic E-state index is 12.8. The van der Waals surface area contributed by atoms with E-state index >= 15 is 0 Å². The number of carbonyl (C=O) groups is 3. The summed E-state index contributed by atoms with van der Waals surface area (Å²) in [6, 6.07) is 10.0. The summed E-state index contributed by atoms with van der Waals surface area (Å²) >= 11 is 0. The lowest BCUT2D eigenvalue weighted by atomic mass is 10.1. The number of nitrogens with one attached hydrogen (secondary N) is 3. The molecule has 0 radical (unpaired) electrons. The van der Waals surface area contributed by atoms with Crippen LogP contribution in [0.5, 0.6) is 5.75 Å². The van der Waals surface area contributed by atoms with Crippen LogP contribution < -0.4 is 26.0 Å². The van der Waals surface area contributed by atoms with E-state index in [4.69, 9.17) is 15.6 Å². The Hall–Kier alpha value is -4.94. The smallest absolute Gasteiger partial charge is 0.405 e. The first kappa shape index (κ1) is 25.7. The molecule has 0 bridgehead atoms. The van der Waals surface area contributed by atoms with Gasteiger partial charge in [-0.25, -0.2) is 19.7 Å². The van der Waals surface area contributed by atoms with Crippen LogP contribution >= 0.6 is 0 Å². The van der Waals surface area contributed by atoms with Gasteiger partial charge in [-0.3, -0.25) is 9.59 Å². The standard InChI is InChI=1S/C26H28N8O5/c27-21(35)9-8-19(33-26(37)38)25(36)32-16-7-6-15-3-1-5-20(18(15)11-16)39-12-17-4-2-10-34(17)24-22-23(29-13-28-22)30-14-31-24/h1,3,5-7,11,13-14,17,19,33H,2,4,8-10,12H2,(H2,27,35)(H,32,36)(H,37,38)(H,28,29,30,31)/t17?,19-/m0/s1. The highest BCUT2D eigenvalue weighted by Crippen LogP contribution is 2.31. The quantitative estimate of drug-likeness (QED) is 0.204. The number of nitrogens with two attached hydrogens (primary N) is 1. The highest BCUT2D eigenvalue weighted by Gasteiger charge is 2.28. The molecule has 2 aromatic heterocycles. The van der Waals surface area contributed by atoms with Gasteiger partial charge in [0.25, 0.3) is 0 Å². The molecular formula is C26H28N8O5. The van der Waals surface area contributed by atoms with E-state index in [0.717, 1.165) is 41.5 Å². The van der Waals surface area contributed by atoms with Crippen molar-refractivity contribution in [1.29, 1.82) is 0 Å². The van der Waals surface area contributed by atoms with Crippen molar-refractivity contribution in [2.75, 3.05) is 23.4 Å². The first-order valence-corrected chi connectivity index (χ1v) is 12.5. The summed E-state index contributed by atoms with van der Waals surface area (Å²) in [5.74, 6) is 0.237. The number of anilines is 2. The molecule has 2 aromatic carbocycles. The molecule has 4 aromatic rings. The minimum absolute atomic E-state index is 0.0511. The Morgan fingerprint density at radius 3 is 2.90 bits per heavy atom. The SMILES string of the molecule is NC(=O)CC[C@H](NC(=O)O)C(=O)Nc1ccc2cccc(OCC3CCCN3c3ncnc4nc[nH]c34)c2c1. The molecule has 1 fully saturated rings. The number of carboxylic acid groups (broad SMARTS) is 1. The molecule has 0 saturated carbocycles. The lowest BCUT2D eigenvalue weighted by Gasteiger charge is -2.26. The van der Waals surface area contributed by atoms with Gasteiger partial charge in [0.15, 0.2) is 11.5 Å². The van der Waals surface area contributed by atoms with Crippen molar-refractivity contribution in [2.45, 2.75) is 37.8 Å². The average molecular weight is 533 g/mol. The Balaban J connectivity index is 1.32. The van der Waals surface area contributed by atoms with Gasteiger partial charge in [0.2, 0.25) is 11.8 Å². The molecule has 13 heteroatoms. The molecule has 2 atom stereocenters. The lowest BCUT2D eigenvalue weighted by molar-refractivity contribution is -0.119. The number of H-pyrrole nitrogens is 1. The first-order chi connectivity index (χ1) is 18.9. The monoisotopic (exact) mass is 532 g/mol. The maximum atomic E-state index is 12.8. The van der Waals surface area contributed by atoms with E-state index in [-0.39, 0.29) is 18.9 Å². The number of hydrogen-bond acceptors (Lipinski definition) is 8. The molecule has 202 valence electrons. The van der Waals surface area contributed by atoms with Gasteiger partial charge < -0.3 is 36.1 Å². The van der Waals surface area contributed by atoms with Gasteiger partial charge in [-0.1, -0.05) is 18.2 Å². The van der Waals surface area contributed by atoms with Gasteiger partial charge in [0.1, 0.15) is 30.2 Å². The van der Waals surface area contributed by atoms with E-state index in [9.17, 15) is 14.4 Å². The minimum atomic E-state index is -1.37. The summed E-state index contributed by atoms with van der Waals surface area (Å²) in [7, 11) is 0. The van der Waals surface area contributed by atoms with E-state index < -0.39 is 23.9 Å². The van der Waals surface area contributed by atoms with Crippen molar-refractivity contribution in [3.8, 4) is 5.75 Å². The fraction of sp³-hybridized carbons (Fsp3) is 0.308. The number of aromatic nitrogens is 4. The van der Waals surface area contributed by atoms with Crippen molar-refractivity contribution in [3.63, 3.8) is 0 Å². The third-order valence-corrected chi connectivity index (χ3v) is 6.69. The van der Waals surface area contributed by atoms with Crippen LogP contribution in [0.4, 0.5) is 16.3 Å². The predicted molar refractivity (Wildman–Crippen MR) is 144 cm³/mol. The number of carbonyl (C=O) groups excluding carboxylic acids is 2. The number of rotatable bonds is 10. The van der Waals surface area contributed by atoms with Crippen molar-refractivity contribution in [3.05, 3.63) is 49.1 Å². The Kier molecular flexibility index (Phi) is 7.39. The summed E-state index contributed by atoms with van der Waals surface area (Å²) in [5, 5.41) is 15.6. The van der Waals surface area contributed by atoms with Crippen molar-refractivity contribution in [1.82, 2.24) is 25.3 Å². The number of primary amides is 1. The summed E-state index contributed by atoms with van der Waals surface area (Å²) < 4.78 is 6.31. The highest BCUT2D eigenvalue weighted by molar-refractivity contribution is 5.99. The van der Waals surface area contributed by atoms with Gasteiger partial charge in [-0.2, -0.15) is 0 Å². The van der Waals surface area contributed by atoms with Gasteiger partial charge in [0, 0.05) is 24.0 Å².